The van der Waals surface area contributed by atoms with E-state index < -0.39 is 12.0 Å². The third-order valence-corrected chi connectivity index (χ3v) is 8.00. The lowest BCUT2D eigenvalue weighted by Crippen LogP contribution is -2.17. The number of carboxylic acid groups (broad SMARTS) is 1. The van der Waals surface area contributed by atoms with Crippen molar-refractivity contribution in [2.24, 2.45) is 11.8 Å². The maximum absolute atomic E-state index is 10.5. The second kappa shape index (κ2) is 12.1. The average Bonchev–Trinajstić information content (AvgIpc) is 2.65. The van der Waals surface area contributed by atoms with Crippen molar-refractivity contribution in [2.45, 2.75) is 57.4 Å². The largest absolute Gasteiger partial charge is 0.494 e. The number of rotatable bonds is 11. The van der Waals surface area contributed by atoms with Crippen LogP contribution in [0.3, 0.4) is 0 Å². The van der Waals surface area contributed by atoms with Crippen LogP contribution in [0.15, 0.2) is 30.3 Å². The molecular formula is C21H29Cl3O3Si. The highest BCUT2D eigenvalue weighted by Gasteiger charge is 2.25. The molecule has 0 bridgehead atoms. The SMILES string of the molecule is O=C(O)/C=C/c1ccc(OCCC2CCC(CCCC[Si](Cl)(Cl)Cl)CC2)cc1. The van der Waals surface area contributed by atoms with E-state index in [1.165, 1.54) is 38.5 Å². The molecule has 0 amide bonds. The Morgan fingerprint density at radius 3 is 2.21 bits per heavy atom. The minimum Gasteiger partial charge on any atom is -0.494 e. The van der Waals surface area contributed by atoms with Crippen LogP contribution in [0.1, 0.15) is 56.9 Å². The molecule has 28 heavy (non-hydrogen) atoms. The van der Waals surface area contributed by atoms with Crippen LogP contribution < -0.4 is 4.74 Å². The number of ether oxygens (including phenoxy) is 1. The molecule has 1 N–H and O–H groups in total. The number of carboxylic acids is 1. The summed E-state index contributed by atoms with van der Waals surface area (Å²) in [5.74, 6) is 1.47. The Morgan fingerprint density at radius 2 is 1.64 bits per heavy atom. The van der Waals surface area contributed by atoms with Crippen LogP contribution in [0.25, 0.3) is 6.08 Å². The number of halogens is 3. The van der Waals surface area contributed by atoms with Gasteiger partial charge in [0, 0.05) is 6.08 Å². The fraction of sp³-hybridized carbons (Fsp3) is 0.571. The van der Waals surface area contributed by atoms with Crippen LogP contribution in [0, 0.1) is 11.8 Å². The normalized spacial score (nSPS) is 20.4. The van der Waals surface area contributed by atoms with Gasteiger partial charge >= 0.3 is 12.0 Å². The molecule has 156 valence electrons. The molecule has 1 aliphatic rings. The molecule has 1 aliphatic carbocycles. The average molecular weight is 464 g/mol. The summed E-state index contributed by atoms with van der Waals surface area (Å²) >= 11 is 17.8. The Kier molecular flexibility index (Phi) is 10.2. The molecule has 0 unspecified atom stereocenters. The Balaban J connectivity index is 1.58. The van der Waals surface area contributed by atoms with Crippen LogP contribution >= 0.6 is 33.2 Å². The zero-order valence-corrected chi connectivity index (χ0v) is 19.4. The molecule has 0 radical (unpaired) electrons. The van der Waals surface area contributed by atoms with Gasteiger partial charge in [-0.15, -0.1) is 33.2 Å². The van der Waals surface area contributed by atoms with E-state index in [1.807, 2.05) is 24.3 Å². The summed E-state index contributed by atoms with van der Waals surface area (Å²) in [4.78, 5) is 10.5. The van der Waals surface area contributed by atoms with Crippen molar-refractivity contribution in [1.82, 2.24) is 0 Å². The van der Waals surface area contributed by atoms with Crippen molar-refractivity contribution in [3.8, 4) is 5.75 Å². The van der Waals surface area contributed by atoms with Crippen molar-refractivity contribution in [3.63, 3.8) is 0 Å². The summed E-state index contributed by atoms with van der Waals surface area (Å²) in [6, 6.07) is 5.85. The number of carbonyl (C=O) groups is 1. The highest BCUT2D eigenvalue weighted by molar-refractivity contribution is 7.64. The molecule has 0 atom stereocenters. The smallest absolute Gasteiger partial charge is 0.341 e. The van der Waals surface area contributed by atoms with Crippen molar-refractivity contribution < 1.29 is 14.6 Å². The number of hydrogen-bond donors (Lipinski definition) is 1. The zero-order valence-electron chi connectivity index (χ0n) is 16.1. The first kappa shape index (κ1) is 23.6. The van der Waals surface area contributed by atoms with Crippen LogP contribution in [-0.2, 0) is 4.79 Å². The summed E-state index contributed by atoms with van der Waals surface area (Å²) in [7, 11) is 0. The van der Waals surface area contributed by atoms with E-state index in [2.05, 4.69) is 0 Å². The quantitative estimate of drug-likeness (QED) is 0.163. The van der Waals surface area contributed by atoms with E-state index in [4.69, 9.17) is 43.1 Å². The predicted octanol–water partition coefficient (Wildman–Crippen LogP) is 7.19. The van der Waals surface area contributed by atoms with Crippen molar-refractivity contribution in [1.29, 1.82) is 0 Å². The summed E-state index contributed by atoms with van der Waals surface area (Å²) in [6.07, 6.45) is 12.5. The van der Waals surface area contributed by atoms with Gasteiger partial charge < -0.3 is 9.84 Å². The van der Waals surface area contributed by atoms with Crippen molar-refractivity contribution >= 4 is 51.3 Å². The van der Waals surface area contributed by atoms with Gasteiger partial charge in [0.1, 0.15) is 5.75 Å². The molecule has 2 rings (SSSR count). The molecule has 0 spiro atoms. The van der Waals surface area contributed by atoms with Crippen molar-refractivity contribution in [2.75, 3.05) is 6.61 Å². The van der Waals surface area contributed by atoms with Gasteiger partial charge in [-0.05, 0) is 48.1 Å². The molecule has 3 nitrogen and oxygen atoms in total. The number of aliphatic carboxylic acids is 1. The Hall–Kier alpha value is -0.683. The fourth-order valence-electron chi connectivity index (χ4n) is 3.75. The van der Waals surface area contributed by atoms with Gasteiger partial charge in [-0.2, -0.15) is 0 Å². The first-order valence-electron chi connectivity index (χ1n) is 10.0. The molecular weight excluding hydrogens is 435 g/mol. The van der Waals surface area contributed by atoms with Gasteiger partial charge in [0.05, 0.1) is 6.61 Å². The summed E-state index contributed by atoms with van der Waals surface area (Å²) in [6.45, 7) is 0.730. The van der Waals surface area contributed by atoms with E-state index in [9.17, 15) is 4.79 Å². The molecule has 1 fully saturated rings. The molecule has 0 saturated heterocycles. The first-order valence-corrected chi connectivity index (χ1v) is 15.3. The zero-order chi connectivity index (χ0) is 20.4. The van der Waals surface area contributed by atoms with E-state index in [-0.39, 0.29) is 0 Å². The second-order valence-electron chi connectivity index (χ2n) is 7.63. The van der Waals surface area contributed by atoms with Crippen LogP contribution in [0.5, 0.6) is 5.75 Å². The minimum atomic E-state index is -2.43. The maximum Gasteiger partial charge on any atom is 0.341 e. The van der Waals surface area contributed by atoms with Gasteiger partial charge in [0.25, 0.3) is 0 Å². The molecule has 0 aliphatic heterocycles. The van der Waals surface area contributed by atoms with Crippen molar-refractivity contribution in [3.05, 3.63) is 35.9 Å². The van der Waals surface area contributed by atoms with E-state index in [0.29, 0.717) is 0 Å². The summed E-state index contributed by atoms with van der Waals surface area (Å²) in [5, 5.41) is 8.64. The summed E-state index contributed by atoms with van der Waals surface area (Å²) in [5.41, 5.74) is 0.851. The monoisotopic (exact) mass is 462 g/mol. The lowest BCUT2D eigenvalue weighted by Gasteiger charge is -2.28. The van der Waals surface area contributed by atoms with Crippen LogP contribution in [0.2, 0.25) is 6.04 Å². The molecule has 1 saturated carbocycles. The minimum absolute atomic E-state index is 0.730. The maximum atomic E-state index is 10.5. The standard InChI is InChI=1S/C21H29Cl3O3Si/c22-28(23,24)16-2-1-3-17-4-6-19(7-5-17)14-15-27-20-11-8-18(9-12-20)10-13-21(25)26/h8-13,17,19H,1-7,14-16H2,(H,25,26)/b13-10+. The molecule has 1 aromatic rings. The van der Waals surface area contributed by atoms with E-state index in [1.54, 1.807) is 6.08 Å². The lowest BCUT2D eigenvalue weighted by molar-refractivity contribution is -0.131. The van der Waals surface area contributed by atoms with E-state index in [0.717, 1.165) is 54.7 Å². The predicted molar refractivity (Wildman–Crippen MR) is 121 cm³/mol. The molecule has 0 heterocycles. The topological polar surface area (TPSA) is 46.5 Å². The number of hydrogen-bond acceptors (Lipinski definition) is 2. The number of benzene rings is 1. The third kappa shape index (κ3) is 10.2. The fourth-order valence-corrected chi connectivity index (χ4v) is 5.61. The van der Waals surface area contributed by atoms with Crippen LogP contribution in [0.4, 0.5) is 0 Å². The first-order chi connectivity index (χ1) is 13.3. The number of unbranched alkanes of at least 4 members (excludes halogenated alkanes) is 1. The van der Waals surface area contributed by atoms with Gasteiger partial charge in [-0.25, -0.2) is 4.79 Å². The third-order valence-electron chi connectivity index (χ3n) is 5.38. The molecule has 0 aromatic heterocycles. The molecule has 1 aromatic carbocycles. The Bertz CT molecular complexity index is 621. The van der Waals surface area contributed by atoms with Crippen LogP contribution in [-0.4, -0.2) is 23.7 Å². The van der Waals surface area contributed by atoms with Gasteiger partial charge in [-0.3, -0.25) is 0 Å². The van der Waals surface area contributed by atoms with Gasteiger partial charge in [0.2, 0.25) is 0 Å². The van der Waals surface area contributed by atoms with Gasteiger partial charge in [-0.1, -0.05) is 57.1 Å². The highest BCUT2D eigenvalue weighted by Crippen LogP contribution is 2.34. The Morgan fingerprint density at radius 1 is 1.04 bits per heavy atom. The Labute approximate surface area is 183 Å². The highest BCUT2D eigenvalue weighted by atomic mass is 35.8. The summed E-state index contributed by atoms with van der Waals surface area (Å²) < 4.78 is 5.85. The van der Waals surface area contributed by atoms with E-state index >= 15 is 0 Å². The second-order valence-corrected chi connectivity index (χ2v) is 16.9. The lowest BCUT2D eigenvalue weighted by atomic mass is 9.79. The molecule has 7 heteroatoms. The van der Waals surface area contributed by atoms with Gasteiger partial charge in [0.15, 0.2) is 0 Å².